The zero-order valence-corrected chi connectivity index (χ0v) is 11.1. The van der Waals surface area contributed by atoms with Crippen molar-refractivity contribution in [2.24, 2.45) is 5.73 Å². The molecule has 0 saturated heterocycles. The third kappa shape index (κ3) is 3.37. The monoisotopic (exact) mass is 252 g/mol. The van der Waals surface area contributed by atoms with Gasteiger partial charge in [0.2, 0.25) is 0 Å². The Labute approximate surface area is 107 Å². The van der Waals surface area contributed by atoms with E-state index in [2.05, 4.69) is 0 Å². The van der Waals surface area contributed by atoms with Gasteiger partial charge in [-0.05, 0) is 31.2 Å². The van der Waals surface area contributed by atoms with Gasteiger partial charge in [0.25, 0.3) is 5.91 Å². The Balaban J connectivity index is 2.86. The van der Waals surface area contributed by atoms with Crippen LogP contribution >= 0.6 is 0 Å². The van der Waals surface area contributed by atoms with Gasteiger partial charge in [-0.1, -0.05) is 0 Å². The van der Waals surface area contributed by atoms with E-state index in [4.69, 9.17) is 15.2 Å². The molecule has 0 radical (unpaired) electrons. The third-order valence-corrected chi connectivity index (χ3v) is 2.67. The fourth-order valence-electron chi connectivity index (χ4n) is 1.62. The summed E-state index contributed by atoms with van der Waals surface area (Å²) in [6.07, 6.45) is 0.787. The quantitative estimate of drug-likeness (QED) is 0.824. The molecular weight excluding hydrogens is 232 g/mol. The number of hydrogen-bond acceptors (Lipinski definition) is 4. The summed E-state index contributed by atoms with van der Waals surface area (Å²) in [6.45, 7) is 1.22. The standard InChI is InChI=1S/C13H20N2O3/c1-15(8-4-7-14)13(16)10-5-6-11(17-2)12(9-10)18-3/h5-6,9H,4,7-8,14H2,1-3H3. The second-order valence-corrected chi connectivity index (χ2v) is 3.94. The van der Waals surface area contributed by atoms with E-state index >= 15 is 0 Å². The highest BCUT2D eigenvalue weighted by atomic mass is 16.5. The van der Waals surface area contributed by atoms with E-state index in [1.54, 1.807) is 44.4 Å². The summed E-state index contributed by atoms with van der Waals surface area (Å²) in [6, 6.07) is 5.13. The maximum atomic E-state index is 12.1. The Morgan fingerprint density at radius 1 is 1.28 bits per heavy atom. The summed E-state index contributed by atoms with van der Waals surface area (Å²) in [7, 11) is 4.87. The molecule has 0 atom stereocenters. The normalized spacial score (nSPS) is 10.0. The first-order valence-electron chi connectivity index (χ1n) is 5.81. The lowest BCUT2D eigenvalue weighted by Crippen LogP contribution is -2.28. The molecule has 5 heteroatoms. The average Bonchev–Trinajstić information content (AvgIpc) is 2.42. The van der Waals surface area contributed by atoms with E-state index in [0.717, 1.165) is 6.42 Å². The molecule has 100 valence electrons. The number of carbonyl (C=O) groups is 1. The number of ether oxygens (including phenoxy) is 2. The number of nitrogens with zero attached hydrogens (tertiary/aromatic N) is 1. The van der Waals surface area contributed by atoms with Gasteiger partial charge in [-0.25, -0.2) is 0 Å². The Morgan fingerprint density at radius 2 is 1.94 bits per heavy atom. The highest BCUT2D eigenvalue weighted by Gasteiger charge is 2.14. The molecule has 1 aromatic rings. The smallest absolute Gasteiger partial charge is 0.253 e. The first-order chi connectivity index (χ1) is 8.63. The minimum atomic E-state index is -0.0515. The van der Waals surface area contributed by atoms with Crippen LogP contribution in [0, 0.1) is 0 Å². The van der Waals surface area contributed by atoms with Crippen LogP contribution in [-0.4, -0.2) is 45.2 Å². The Kier molecular flexibility index (Phi) is 5.45. The van der Waals surface area contributed by atoms with Crippen LogP contribution in [0.3, 0.4) is 0 Å². The number of amides is 1. The van der Waals surface area contributed by atoms with Gasteiger partial charge in [-0.3, -0.25) is 4.79 Å². The topological polar surface area (TPSA) is 64.8 Å². The van der Waals surface area contributed by atoms with Crippen molar-refractivity contribution in [3.63, 3.8) is 0 Å². The molecule has 0 fully saturated rings. The van der Waals surface area contributed by atoms with Crippen molar-refractivity contribution in [2.45, 2.75) is 6.42 Å². The zero-order chi connectivity index (χ0) is 13.5. The van der Waals surface area contributed by atoms with Crippen LogP contribution in [-0.2, 0) is 0 Å². The van der Waals surface area contributed by atoms with E-state index < -0.39 is 0 Å². The third-order valence-electron chi connectivity index (χ3n) is 2.67. The molecular formula is C13H20N2O3. The molecule has 0 aliphatic carbocycles. The van der Waals surface area contributed by atoms with Gasteiger partial charge in [0.05, 0.1) is 14.2 Å². The zero-order valence-electron chi connectivity index (χ0n) is 11.1. The van der Waals surface area contributed by atoms with Gasteiger partial charge in [0.15, 0.2) is 11.5 Å². The minimum Gasteiger partial charge on any atom is -0.493 e. The van der Waals surface area contributed by atoms with Gasteiger partial charge in [0.1, 0.15) is 0 Å². The molecule has 2 N–H and O–H groups in total. The number of nitrogens with two attached hydrogens (primary N) is 1. The van der Waals surface area contributed by atoms with Gasteiger partial charge in [-0.15, -0.1) is 0 Å². The summed E-state index contributed by atoms with van der Waals surface area (Å²) >= 11 is 0. The lowest BCUT2D eigenvalue weighted by molar-refractivity contribution is 0.0794. The summed E-state index contributed by atoms with van der Waals surface area (Å²) in [5.74, 6) is 1.11. The van der Waals surface area contributed by atoms with Crippen molar-refractivity contribution in [1.82, 2.24) is 4.90 Å². The highest BCUT2D eigenvalue weighted by Crippen LogP contribution is 2.27. The molecule has 18 heavy (non-hydrogen) atoms. The molecule has 0 heterocycles. The first kappa shape index (κ1) is 14.3. The maximum absolute atomic E-state index is 12.1. The van der Waals surface area contributed by atoms with Crippen LogP contribution < -0.4 is 15.2 Å². The Bertz CT molecular complexity index is 407. The van der Waals surface area contributed by atoms with E-state index in [0.29, 0.717) is 30.2 Å². The maximum Gasteiger partial charge on any atom is 0.253 e. The molecule has 0 unspecified atom stereocenters. The fourth-order valence-corrected chi connectivity index (χ4v) is 1.62. The van der Waals surface area contributed by atoms with Crippen LogP contribution in [0.1, 0.15) is 16.8 Å². The Hall–Kier alpha value is -1.75. The molecule has 0 saturated carbocycles. The van der Waals surface area contributed by atoms with Gasteiger partial charge in [0, 0.05) is 19.2 Å². The first-order valence-corrected chi connectivity index (χ1v) is 5.81. The van der Waals surface area contributed by atoms with E-state index in [9.17, 15) is 4.79 Å². The molecule has 0 aliphatic heterocycles. The van der Waals surface area contributed by atoms with E-state index in [1.807, 2.05) is 0 Å². The van der Waals surface area contributed by atoms with Gasteiger partial charge >= 0.3 is 0 Å². The molecule has 1 rings (SSSR count). The summed E-state index contributed by atoms with van der Waals surface area (Å²) in [5.41, 5.74) is 6.00. The second-order valence-electron chi connectivity index (χ2n) is 3.94. The largest absolute Gasteiger partial charge is 0.493 e. The van der Waals surface area contributed by atoms with E-state index in [1.165, 1.54) is 0 Å². The van der Waals surface area contributed by atoms with Crippen molar-refractivity contribution in [3.05, 3.63) is 23.8 Å². The predicted octanol–water partition coefficient (Wildman–Crippen LogP) is 1.12. The number of benzene rings is 1. The second kappa shape index (κ2) is 6.86. The fraction of sp³-hybridized carbons (Fsp3) is 0.462. The van der Waals surface area contributed by atoms with Crippen molar-refractivity contribution >= 4 is 5.91 Å². The van der Waals surface area contributed by atoms with Gasteiger partial charge < -0.3 is 20.1 Å². The van der Waals surface area contributed by atoms with Crippen LogP contribution in [0.25, 0.3) is 0 Å². The lowest BCUT2D eigenvalue weighted by atomic mass is 10.1. The average molecular weight is 252 g/mol. The highest BCUT2D eigenvalue weighted by molar-refractivity contribution is 5.94. The van der Waals surface area contributed by atoms with Crippen molar-refractivity contribution < 1.29 is 14.3 Å². The minimum absolute atomic E-state index is 0.0515. The molecule has 1 amide bonds. The SMILES string of the molecule is COc1ccc(C(=O)N(C)CCCN)cc1OC. The lowest BCUT2D eigenvalue weighted by Gasteiger charge is -2.17. The summed E-state index contributed by atoms with van der Waals surface area (Å²) < 4.78 is 10.3. The summed E-state index contributed by atoms with van der Waals surface area (Å²) in [5, 5.41) is 0. The van der Waals surface area contributed by atoms with Crippen LogP contribution in [0.15, 0.2) is 18.2 Å². The number of methoxy groups -OCH3 is 2. The van der Waals surface area contributed by atoms with Crippen LogP contribution in [0.2, 0.25) is 0 Å². The molecule has 0 aliphatic rings. The van der Waals surface area contributed by atoms with Gasteiger partial charge in [-0.2, -0.15) is 0 Å². The van der Waals surface area contributed by atoms with Crippen molar-refractivity contribution in [2.75, 3.05) is 34.4 Å². The number of carbonyl (C=O) groups excluding carboxylic acids is 1. The van der Waals surface area contributed by atoms with E-state index in [-0.39, 0.29) is 5.91 Å². The van der Waals surface area contributed by atoms with Crippen LogP contribution in [0.4, 0.5) is 0 Å². The van der Waals surface area contributed by atoms with Crippen molar-refractivity contribution in [1.29, 1.82) is 0 Å². The van der Waals surface area contributed by atoms with Crippen molar-refractivity contribution in [3.8, 4) is 11.5 Å². The molecule has 0 bridgehead atoms. The Morgan fingerprint density at radius 3 is 2.50 bits per heavy atom. The number of hydrogen-bond donors (Lipinski definition) is 1. The number of rotatable bonds is 6. The molecule has 5 nitrogen and oxygen atoms in total. The molecule has 0 aromatic heterocycles. The molecule has 1 aromatic carbocycles. The predicted molar refractivity (Wildman–Crippen MR) is 70.2 cm³/mol. The molecule has 0 spiro atoms. The van der Waals surface area contributed by atoms with Crippen LogP contribution in [0.5, 0.6) is 11.5 Å². The summed E-state index contributed by atoms with van der Waals surface area (Å²) in [4.78, 5) is 13.8.